The molecule has 0 aromatic carbocycles. The molecule has 0 aliphatic carbocycles. The fraction of sp³-hybridized carbons (Fsp3) is 0. The molecule has 54 valence electrons. The first-order chi connectivity index (χ1) is 5.38. The minimum Gasteiger partial charge on any atom is -0.290 e. The molecule has 0 radical (unpaired) electrons. The van der Waals surface area contributed by atoms with Crippen molar-refractivity contribution in [2.75, 3.05) is 4.90 Å². The van der Waals surface area contributed by atoms with Gasteiger partial charge in [0.05, 0.1) is 5.69 Å². The summed E-state index contributed by atoms with van der Waals surface area (Å²) >= 11 is 0. The molecule has 4 nitrogen and oxygen atoms in total. The van der Waals surface area contributed by atoms with Gasteiger partial charge in [-0.25, -0.2) is 4.90 Å². The van der Waals surface area contributed by atoms with Crippen LogP contribution in [0.3, 0.4) is 0 Å². The molecule has 0 saturated carbocycles. The van der Waals surface area contributed by atoms with Crippen LogP contribution < -0.4 is 4.90 Å². The Labute approximate surface area is 64.2 Å². The second kappa shape index (κ2) is 3.32. The standard InChI is InChI=1S/C7H6N4/c8-5-11(6-9)7-1-3-10-4-2-7/h1-5,8H. The van der Waals surface area contributed by atoms with Crippen LogP contribution in [0.15, 0.2) is 24.5 Å². The zero-order chi connectivity index (χ0) is 8.10. The predicted octanol–water partition coefficient (Wildman–Crippen LogP) is 0.976. The van der Waals surface area contributed by atoms with E-state index in [9.17, 15) is 0 Å². The van der Waals surface area contributed by atoms with Crippen molar-refractivity contribution in [3.8, 4) is 6.19 Å². The number of nitrogens with one attached hydrogen (secondary N) is 1. The van der Waals surface area contributed by atoms with Crippen LogP contribution in [0.2, 0.25) is 0 Å². The molecule has 1 N–H and O–H groups in total. The number of aromatic nitrogens is 1. The van der Waals surface area contributed by atoms with Crippen molar-refractivity contribution in [2.45, 2.75) is 0 Å². The van der Waals surface area contributed by atoms with Gasteiger partial charge in [0.15, 0.2) is 6.19 Å². The molecule has 1 aromatic rings. The number of nitriles is 1. The van der Waals surface area contributed by atoms with Gasteiger partial charge >= 0.3 is 0 Å². The van der Waals surface area contributed by atoms with E-state index in [1.54, 1.807) is 24.5 Å². The first-order valence-electron chi connectivity index (χ1n) is 2.98. The predicted molar refractivity (Wildman–Crippen MR) is 41.1 cm³/mol. The number of rotatable bonds is 2. The number of nitrogens with zero attached hydrogens (tertiary/aromatic N) is 3. The molecule has 0 atom stereocenters. The van der Waals surface area contributed by atoms with Crippen molar-refractivity contribution < 1.29 is 0 Å². The first-order valence-corrected chi connectivity index (χ1v) is 2.98. The Morgan fingerprint density at radius 2 is 2.18 bits per heavy atom. The van der Waals surface area contributed by atoms with Crippen molar-refractivity contribution >= 4 is 12.0 Å². The third-order valence-corrected chi connectivity index (χ3v) is 1.18. The van der Waals surface area contributed by atoms with E-state index in [0.29, 0.717) is 5.69 Å². The quantitative estimate of drug-likeness (QED) is 0.292. The highest BCUT2D eigenvalue weighted by molar-refractivity contribution is 5.80. The molecule has 0 saturated heterocycles. The summed E-state index contributed by atoms with van der Waals surface area (Å²) in [4.78, 5) is 4.93. The maximum absolute atomic E-state index is 8.48. The second-order valence-corrected chi connectivity index (χ2v) is 1.80. The Bertz CT molecular complexity index is 274. The third kappa shape index (κ3) is 1.52. The van der Waals surface area contributed by atoms with E-state index in [1.165, 1.54) is 0 Å². The topological polar surface area (TPSA) is 63.8 Å². The Morgan fingerprint density at radius 1 is 1.55 bits per heavy atom. The van der Waals surface area contributed by atoms with Gasteiger partial charge in [0.25, 0.3) is 0 Å². The molecule has 0 bridgehead atoms. The van der Waals surface area contributed by atoms with Gasteiger partial charge in [-0.2, -0.15) is 5.26 Å². The van der Waals surface area contributed by atoms with Gasteiger partial charge in [0.2, 0.25) is 0 Å². The summed E-state index contributed by atoms with van der Waals surface area (Å²) in [6, 6.07) is 3.32. The summed E-state index contributed by atoms with van der Waals surface area (Å²) in [5.74, 6) is 0. The van der Waals surface area contributed by atoms with Crippen LogP contribution in [0, 0.1) is 16.9 Å². The average molecular weight is 146 g/mol. The minimum absolute atomic E-state index is 0.650. The highest BCUT2D eigenvalue weighted by atomic mass is 15.1. The highest BCUT2D eigenvalue weighted by Crippen LogP contribution is 2.07. The summed E-state index contributed by atoms with van der Waals surface area (Å²) in [5.41, 5.74) is 0.650. The highest BCUT2D eigenvalue weighted by Gasteiger charge is 1.97. The lowest BCUT2D eigenvalue weighted by molar-refractivity contribution is 1.27. The fourth-order valence-electron chi connectivity index (χ4n) is 0.666. The molecular weight excluding hydrogens is 140 g/mol. The van der Waals surface area contributed by atoms with Crippen LogP contribution in [0.1, 0.15) is 0 Å². The molecule has 1 heterocycles. The largest absolute Gasteiger partial charge is 0.290 e. The van der Waals surface area contributed by atoms with Gasteiger partial charge < -0.3 is 0 Å². The molecule has 0 aliphatic heterocycles. The van der Waals surface area contributed by atoms with Gasteiger partial charge in [-0.15, -0.1) is 0 Å². The summed E-state index contributed by atoms with van der Waals surface area (Å²) in [7, 11) is 0. The molecule has 0 spiro atoms. The van der Waals surface area contributed by atoms with E-state index in [1.807, 2.05) is 6.19 Å². The van der Waals surface area contributed by atoms with E-state index in [2.05, 4.69) is 4.98 Å². The van der Waals surface area contributed by atoms with E-state index in [0.717, 1.165) is 11.2 Å². The van der Waals surface area contributed by atoms with Gasteiger partial charge in [-0.3, -0.25) is 10.4 Å². The zero-order valence-corrected chi connectivity index (χ0v) is 5.73. The van der Waals surface area contributed by atoms with Gasteiger partial charge in [0, 0.05) is 12.4 Å². The van der Waals surface area contributed by atoms with Gasteiger partial charge in [-0.05, 0) is 12.1 Å². The van der Waals surface area contributed by atoms with Crippen LogP contribution in [0.5, 0.6) is 0 Å². The van der Waals surface area contributed by atoms with Gasteiger partial charge in [0.1, 0.15) is 6.34 Å². The van der Waals surface area contributed by atoms with Crippen LogP contribution in [-0.2, 0) is 0 Å². The lowest BCUT2D eigenvalue weighted by atomic mass is 10.4. The summed E-state index contributed by atoms with van der Waals surface area (Å²) in [5, 5.41) is 15.3. The SMILES string of the molecule is N#CN(C=N)c1ccncc1. The Morgan fingerprint density at radius 3 is 2.64 bits per heavy atom. The van der Waals surface area contributed by atoms with E-state index in [4.69, 9.17) is 10.7 Å². The van der Waals surface area contributed by atoms with Crippen LogP contribution in [0.4, 0.5) is 5.69 Å². The monoisotopic (exact) mass is 146 g/mol. The summed E-state index contributed by atoms with van der Waals surface area (Å²) in [6.45, 7) is 0. The van der Waals surface area contributed by atoms with Crippen molar-refractivity contribution in [2.24, 2.45) is 0 Å². The van der Waals surface area contributed by atoms with E-state index >= 15 is 0 Å². The fourth-order valence-corrected chi connectivity index (χ4v) is 0.666. The Hall–Kier alpha value is -1.89. The second-order valence-electron chi connectivity index (χ2n) is 1.80. The lowest BCUT2D eigenvalue weighted by Crippen LogP contribution is -2.12. The lowest BCUT2D eigenvalue weighted by Gasteiger charge is -2.05. The molecule has 1 rings (SSSR count). The van der Waals surface area contributed by atoms with Gasteiger partial charge in [-0.1, -0.05) is 0 Å². The van der Waals surface area contributed by atoms with Crippen LogP contribution in [-0.4, -0.2) is 11.3 Å². The number of pyridine rings is 1. The molecule has 0 amide bonds. The molecule has 0 unspecified atom stereocenters. The normalized spacial score (nSPS) is 8.27. The molecular formula is C7H6N4. The third-order valence-electron chi connectivity index (χ3n) is 1.18. The van der Waals surface area contributed by atoms with Crippen LogP contribution >= 0.6 is 0 Å². The van der Waals surface area contributed by atoms with E-state index in [-0.39, 0.29) is 0 Å². The zero-order valence-electron chi connectivity index (χ0n) is 5.73. The molecule has 11 heavy (non-hydrogen) atoms. The molecule has 0 aliphatic rings. The number of hydrogen-bond donors (Lipinski definition) is 1. The molecule has 0 fully saturated rings. The minimum atomic E-state index is 0.650. The maximum atomic E-state index is 8.48. The van der Waals surface area contributed by atoms with Crippen molar-refractivity contribution in [1.82, 2.24) is 4.98 Å². The molecule has 1 aromatic heterocycles. The van der Waals surface area contributed by atoms with Crippen molar-refractivity contribution in [1.29, 1.82) is 10.7 Å². The average Bonchev–Trinajstić information content (AvgIpc) is 2.09. The number of anilines is 1. The summed E-state index contributed by atoms with van der Waals surface area (Å²) < 4.78 is 0. The number of hydrogen-bond acceptors (Lipinski definition) is 3. The summed E-state index contributed by atoms with van der Waals surface area (Å²) in [6.07, 6.45) is 5.93. The maximum Gasteiger partial charge on any atom is 0.190 e. The van der Waals surface area contributed by atoms with Crippen molar-refractivity contribution in [3.05, 3.63) is 24.5 Å². The van der Waals surface area contributed by atoms with Crippen molar-refractivity contribution in [3.63, 3.8) is 0 Å². The first kappa shape index (κ1) is 7.22. The Kier molecular flexibility index (Phi) is 2.18. The van der Waals surface area contributed by atoms with Crippen LogP contribution in [0.25, 0.3) is 0 Å². The van der Waals surface area contributed by atoms with E-state index < -0.39 is 0 Å². The smallest absolute Gasteiger partial charge is 0.190 e. The molecule has 4 heteroatoms. The Balaban J connectivity index is 2.93.